The van der Waals surface area contributed by atoms with Crippen molar-refractivity contribution in [3.63, 3.8) is 0 Å². The van der Waals surface area contributed by atoms with Gasteiger partial charge in [-0.25, -0.2) is 26.9 Å². The second-order valence-electron chi connectivity index (χ2n) is 14.0. The van der Waals surface area contributed by atoms with Crippen LogP contribution in [-0.2, 0) is 27.2 Å². The highest BCUT2D eigenvalue weighted by Crippen LogP contribution is 2.35. The Hall–Kier alpha value is -3.59. The van der Waals surface area contributed by atoms with Crippen molar-refractivity contribution in [1.82, 2.24) is 29.8 Å². The van der Waals surface area contributed by atoms with Crippen molar-refractivity contribution in [2.24, 2.45) is 14.1 Å². The summed E-state index contributed by atoms with van der Waals surface area (Å²) < 4.78 is 79.3. The van der Waals surface area contributed by atoms with Crippen molar-refractivity contribution in [2.45, 2.75) is 117 Å². The van der Waals surface area contributed by atoms with E-state index in [1.807, 2.05) is 39.8 Å². The molecule has 8 nitrogen and oxygen atoms in total. The molecule has 2 aliphatic rings. The molecule has 6 rings (SSSR count). The van der Waals surface area contributed by atoms with E-state index in [4.69, 9.17) is 34.8 Å². The summed E-state index contributed by atoms with van der Waals surface area (Å²) in [5, 5.41) is 10.2. The van der Waals surface area contributed by atoms with Gasteiger partial charge in [0, 0.05) is 49.3 Å². The van der Waals surface area contributed by atoms with Gasteiger partial charge in [0.1, 0.15) is 22.5 Å². The van der Waals surface area contributed by atoms with E-state index in [1.54, 1.807) is 12.1 Å². The molecule has 0 aliphatic heterocycles. The molecule has 4 aromatic rings. The molecule has 0 unspecified atom stereocenters. The fourth-order valence-electron chi connectivity index (χ4n) is 5.92. The zero-order valence-electron chi connectivity index (χ0n) is 33.1. The number of nitrogens with one attached hydrogen (secondary N) is 1. The maximum absolute atomic E-state index is 14.4. The van der Waals surface area contributed by atoms with Crippen molar-refractivity contribution in [3.05, 3.63) is 103 Å². The number of hydrogen-bond donors (Lipinski definition) is 1. The molecule has 314 valence electrons. The van der Waals surface area contributed by atoms with E-state index in [-0.39, 0.29) is 18.5 Å². The van der Waals surface area contributed by atoms with Crippen molar-refractivity contribution in [1.29, 1.82) is 0 Å². The Labute approximate surface area is 344 Å². The predicted molar refractivity (Wildman–Crippen MR) is 212 cm³/mol. The Balaban J connectivity index is 0.000000245. The topological polar surface area (TPSA) is 85.1 Å². The molecule has 2 aromatic carbocycles. The minimum Gasteiger partial charge on any atom is -0.331 e. The number of hydrogen-bond acceptors (Lipinski definition) is 5. The van der Waals surface area contributed by atoms with Crippen molar-refractivity contribution < 1.29 is 35.9 Å². The Morgan fingerprint density at radius 3 is 1.61 bits per heavy atom. The number of halogens is 9. The quantitative estimate of drug-likeness (QED) is 0.113. The first-order valence-electron chi connectivity index (χ1n) is 18.6. The Kier molecular flexibility index (Phi) is 18.0. The van der Waals surface area contributed by atoms with E-state index in [9.17, 15) is 35.9 Å². The number of carbonyl (C=O) groups is 2. The molecule has 2 saturated carbocycles. The van der Waals surface area contributed by atoms with E-state index < -0.39 is 58.4 Å². The summed E-state index contributed by atoms with van der Waals surface area (Å²) in [6.45, 7) is 13.6. The summed E-state index contributed by atoms with van der Waals surface area (Å²) in [5.41, 5.74) is 1.35. The highest BCUT2D eigenvalue weighted by Gasteiger charge is 2.38. The number of carbonyl (C=O) groups excluding carboxylic acids is 2. The molecule has 1 N–H and O–H groups in total. The summed E-state index contributed by atoms with van der Waals surface area (Å²) in [4.78, 5) is 25.0. The maximum atomic E-state index is 14.4. The zero-order chi connectivity index (χ0) is 42.9. The molecule has 2 aromatic heterocycles. The lowest BCUT2D eigenvalue weighted by Gasteiger charge is -2.25. The first-order chi connectivity index (χ1) is 26.8. The Bertz CT molecular complexity index is 1980. The van der Waals surface area contributed by atoms with Crippen LogP contribution in [0.4, 0.5) is 26.3 Å². The lowest BCUT2D eigenvalue weighted by Crippen LogP contribution is -2.34. The van der Waals surface area contributed by atoms with Crippen molar-refractivity contribution in [3.8, 4) is 0 Å². The molecule has 2 aliphatic carbocycles. The zero-order valence-corrected chi connectivity index (χ0v) is 35.4. The van der Waals surface area contributed by atoms with Crippen LogP contribution >= 0.6 is 34.8 Å². The van der Waals surface area contributed by atoms with Crippen LogP contribution < -0.4 is 5.32 Å². The van der Waals surface area contributed by atoms with Crippen LogP contribution in [0, 0.1) is 11.9 Å². The van der Waals surface area contributed by atoms with Crippen LogP contribution in [0.2, 0.25) is 10.0 Å². The average molecular weight is 866 g/mol. The van der Waals surface area contributed by atoms with Gasteiger partial charge in [0.05, 0.1) is 0 Å². The van der Waals surface area contributed by atoms with Gasteiger partial charge < -0.3 is 10.2 Å². The first-order valence-corrected chi connectivity index (χ1v) is 19.8. The maximum Gasteiger partial charge on any atom is 0.283 e. The van der Waals surface area contributed by atoms with Crippen molar-refractivity contribution in [2.75, 3.05) is 0 Å². The summed E-state index contributed by atoms with van der Waals surface area (Å²) >= 11 is 17.0. The number of aryl methyl sites for hydroxylation is 2. The largest absolute Gasteiger partial charge is 0.331 e. The van der Waals surface area contributed by atoms with Gasteiger partial charge in [-0.15, -0.1) is 0 Å². The lowest BCUT2D eigenvalue weighted by molar-refractivity contribution is 0.0711. The SMILES string of the molecule is CC.CC(C)c1ccc(Cl)cc1CN(C(=O)c1c(C(F)F)nn(C)c1F)C1CC1.CC(C)c1ccc(Cl)cc1CNC1CC1.Cn1nc(C(F)F)c(C(=O)Cl)c1F. The van der Waals surface area contributed by atoms with Crippen LogP contribution in [0.5, 0.6) is 0 Å². The molecule has 0 bridgehead atoms. The minimum atomic E-state index is -3.03. The van der Waals surface area contributed by atoms with Crippen LogP contribution in [0.1, 0.15) is 146 Å². The summed E-state index contributed by atoms with van der Waals surface area (Å²) in [6, 6.07) is 12.3. The van der Waals surface area contributed by atoms with E-state index in [1.165, 1.54) is 35.9 Å². The third-order valence-corrected chi connectivity index (χ3v) is 9.69. The third kappa shape index (κ3) is 13.0. The molecular formula is C40H49Cl3F6N6O2. The van der Waals surface area contributed by atoms with Gasteiger partial charge in [-0.2, -0.15) is 19.0 Å². The number of nitrogens with zero attached hydrogens (tertiary/aromatic N) is 5. The van der Waals surface area contributed by atoms with Gasteiger partial charge >= 0.3 is 0 Å². The van der Waals surface area contributed by atoms with Crippen molar-refractivity contribution >= 4 is 46.0 Å². The van der Waals surface area contributed by atoms with Crippen LogP contribution in [0.15, 0.2) is 36.4 Å². The Morgan fingerprint density at radius 1 is 0.772 bits per heavy atom. The summed E-state index contributed by atoms with van der Waals surface area (Å²) in [5.74, 6) is -2.20. The molecule has 0 saturated heterocycles. The second-order valence-corrected chi connectivity index (χ2v) is 15.3. The van der Waals surface area contributed by atoms with Crippen LogP contribution in [-0.4, -0.2) is 47.7 Å². The van der Waals surface area contributed by atoms with E-state index in [0.717, 1.165) is 48.6 Å². The molecule has 2 fully saturated rings. The van der Waals surface area contributed by atoms with Gasteiger partial charge in [-0.1, -0.05) is 76.9 Å². The number of aromatic nitrogens is 4. The van der Waals surface area contributed by atoms with Gasteiger partial charge in [-0.05, 0) is 95.6 Å². The number of amides is 1. The number of rotatable bonds is 12. The fraction of sp³-hybridized carbons (Fsp3) is 0.500. The first kappa shape index (κ1) is 47.8. The fourth-order valence-corrected chi connectivity index (χ4v) is 6.48. The van der Waals surface area contributed by atoms with Gasteiger partial charge in [0.15, 0.2) is 0 Å². The van der Waals surface area contributed by atoms with E-state index in [2.05, 4.69) is 41.5 Å². The standard InChI is InChI=1S/C19H21ClF3N3O.C13H18ClN.C6H4ClF3N2O.C2H6/c1-10(2)14-7-4-12(20)8-11(14)9-26(13-5-6-13)19(27)15-16(17(21)22)24-25(3)18(15)23;1-9(2)13-6-3-11(14)7-10(13)8-15-12-4-5-12;1-12-6(10)2(4(7)13)3(11-12)5(8)9;1-2/h4,7-8,10,13,17H,5-6,9H2,1-3H3;3,6-7,9,12,15H,4-5,8H2,1-2H3;5H,1H3;1-2H3. The number of alkyl halides is 4. The molecule has 57 heavy (non-hydrogen) atoms. The normalized spacial score (nSPS) is 13.6. The molecule has 1 amide bonds. The molecule has 0 spiro atoms. The second kappa shape index (κ2) is 21.4. The van der Waals surface area contributed by atoms with Crippen LogP contribution in [0.25, 0.3) is 0 Å². The molecule has 17 heteroatoms. The van der Waals surface area contributed by atoms with E-state index in [0.29, 0.717) is 20.3 Å². The van der Waals surface area contributed by atoms with Crippen LogP contribution in [0.3, 0.4) is 0 Å². The molecule has 2 heterocycles. The average Bonchev–Trinajstić information content (AvgIpc) is 4.09. The molecule has 0 atom stereocenters. The van der Waals surface area contributed by atoms with Gasteiger partial charge in [-0.3, -0.25) is 9.59 Å². The smallest absolute Gasteiger partial charge is 0.283 e. The third-order valence-electron chi connectivity index (χ3n) is 9.03. The molecule has 0 radical (unpaired) electrons. The summed E-state index contributed by atoms with van der Waals surface area (Å²) in [7, 11) is 2.30. The highest BCUT2D eigenvalue weighted by atomic mass is 35.5. The Morgan fingerprint density at radius 2 is 1.21 bits per heavy atom. The summed E-state index contributed by atoms with van der Waals surface area (Å²) in [6.07, 6.45) is -1.87. The minimum absolute atomic E-state index is 0.0957. The highest BCUT2D eigenvalue weighted by molar-refractivity contribution is 6.67. The lowest BCUT2D eigenvalue weighted by atomic mass is 9.96. The van der Waals surface area contributed by atoms with Gasteiger partial charge in [0.2, 0.25) is 11.9 Å². The van der Waals surface area contributed by atoms with E-state index >= 15 is 0 Å². The van der Waals surface area contributed by atoms with Gasteiger partial charge in [0.25, 0.3) is 24.0 Å². The number of benzene rings is 2. The molecular weight excluding hydrogens is 817 g/mol. The monoisotopic (exact) mass is 864 g/mol. The predicted octanol–water partition coefficient (Wildman–Crippen LogP) is 11.7.